The first-order valence-electron chi connectivity index (χ1n) is 9.28. The van der Waals surface area contributed by atoms with Gasteiger partial charge < -0.3 is 14.3 Å². The van der Waals surface area contributed by atoms with Crippen LogP contribution in [0.5, 0.6) is 0 Å². The maximum atomic E-state index is 11.9. The van der Waals surface area contributed by atoms with E-state index in [0.717, 1.165) is 10.4 Å². The average molecular weight is 401 g/mol. The van der Waals surface area contributed by atoms with Gasteiger partial charge in [0.25, 0.3) is 8.32 Å². The second-order valence-corrected chi connectivity index (χ2v) is 12.0. The van der Waals surface area contributed by atoms with E-state index in [0.29, 0.717) is 0 Å². The zero-order valence-electron chi connectivity index (χ0n) is 16.8. The molecule has 0 heterocycles. The highest BCUT2D eigenvalue weighted by atomic mass is 28.4. The number of rotatable bonds is 8. The Bertz CT molecular complexity index is 744. The van der Waals surface area contributed by atoms with Gasteiger partial charge in [-0.3, -0.25) is 9.59 Å². The molecule has 5 nitrogen and oxygen atoms in total. The number of carbonyl (C=O) groups excluding carboxylic acids is 1. The van der Waals surface area contributed by atoms with Gasteiger partial charge >= 0.3 is 11.9 Å². The van der Waals surface area contributed by atoms with Crippen LogP contribution in [-0.4, -0.2) is 38.6 Å². The van der Waals surface area contributed by atoms with Crippen LogP contribution in [0.1, 0.15) is 33.6 Å². The van der Waals surface area contributed by atoms with Crippen molar-refractivity contribution in [2.45, 2.75) is 44.8 Å². The molecule has 1 unspecified atom stereocenters. The fraction of sp³-hybridized carbons (Fsp3) is 0.364. The average Bonchev–Trinajstić information content (AvgIpc) is 2.65. The third-order valence-corrected chi connectivity index (χ3v) is 9.88. The second kappa shape index (κ2) is 9.17. The zero-order valence-corrected chi connectivity index (χ0v) is 17.8. The predicted molar refractivity (Wildman–Crippen MR) is 111 cm³/mol. The smallest absolute Gasteiger partial charge is 0.308 e. The lowest BCUT2D eigenvalue weighted by molar-refractivity contribution is -0.144. The van der Waals surface area contributed by atoms with Crippen molar-refractivity contribution in [2.75, 3.05) is 7.11 Å². The highest BCUT2D eigenvalue weighted by Gasteiger charge is 2.51. The molecule has 0 radical (unpaired) electrons. The van der Waals surface area contributed by atoms with Crippen molar-refractivity contribution in [3.63, 3.8) is 0 Å². The molecule has 0 spiro atoms. The van der Waals surface area contributed by atoms with Crippen molar-refractivity contribution < 1.29 is 23.9 Å². The number of ether oxygens (including phenoxy) is 1. The fourth-order valence-corrected chi connectivity index (χ4v) is 8.24. The van der Waals surface area contributed by atoms with E-state index in [1.807, 2.05) is 60.7 Å². The van der Waals surface area contributed by atoms with Crippen LogP contribution in [0.2, 0.25) is 5.04 Å². The summed E-state index contributed by atoms with van der Waals surface area (Å²) in [6, 6.07) is 19.8. The van der Waals surface area contributed by atoms with Gasteiger partial charge in [0.2, 0.25) is 0 Å². The molecule has 0 aliphatic rings. The first-order chi connectivity index (χ1) is 13.2. The Labute approximate surface area is 167 Å². The van der Waals surface area contributed by atoms with Gasteiger partial charge in [-0.25, -0.2) is 0 Å². The molecule has 0 aromatic heterocycles. The molecule has 28 heavy (non-hydrogen) atoms. The number of methoxy groups -OCH3 is 1. The molecule has 150 valence electrons. The molecule has 6 heteroatoms. The van der Waals surface area contributed by atoms with Crippen LogP contribution in [0.15, 0.2) is 60.7 Å². The van der Waals surface area contributed by atoms with Crippen LogP contribution < -0.4 is 10.4 Å². The zero-order chi connectivity index (χ0) is 20.8. The third-order valence-electron chi connectivity index (χ3n) is 4.78. The van der Waals surface area contributed by atoms with Crippen LogP contribution in [0.25, 0.3) is 0 Å². The van der Waals surface area contributed by atoms with E-state index in [1.54, 1.807) is 0 Å². The van der Waals surface area contributed by atoms with Gasteiger partial charge in [-0.2, -0.15) is 0 Å². The Kier molecular flexibility index (Phi) is 7.15. The summed E-state index contributed by atoms with van der Waals surface area (Å²) in [4.78, 5) is 23.4. The van der Waals surface area contributed by atoms with E-state index < -0.39 is 26.4 Å². The van der Waals surface area contributed by atoms with Crippen LogP contribution in [0, 0.1) is 0 Å². The van der Waals surface area contributed by atoms with E-state index in [2.05, 4.69) is 20.8 Å². The Balaban J connectivity index is 2.65. The minimum Gasteiger partial charge on any atom is -0.481 e. The van der Waals surface area contributed by atoms with Gasteiger partial charge in [0.1, 0.15) is 0 Å². The quantitative estimate of drug-likeness (QED) is 0.545. The summed E-state index contributed by atoms with van der Waals surface area (Å²) in [5, 5.41) is 11.2. The summed E-state index contributed by atoms with van der Waals surface area (Å²) < 4.78 is 11.5. The van der Waals surface area contributed by atoms with E-state index in [1.165, 1.54) is 7.11 Å². The topological polar surface area (TPSA) is 72.8 Å². The van der Waals surface area contributed by atoms with Gasteiger partial charge in [0, 0.05) is 0 Å². The minimum absolute atomic E-state index is 0.104. The second-order valence-electron chi connectivity index (χ2n) is 7.78. The normalized spacial score (nSPS) is 13.0. The van der Waals surface area contributed by atoms with E-state index >= 15 is 0 Å². The van der Waals surface area contributed by atoms with Crippen LogP contribution >= 0.6 is 0 Å². The van der Waals surface area contributed by atoms with Gasteiger partial charge in [-0.05, 0) is 15.4 Å². The number of hydrogen-bond donors (Lipinski definition) is 1. The molecule has 2 aromatic rings. The molecular formula is C22H28O5Si. The molecule has 2 rings (SSSR count). The SMILES string of the molecule is COC(=O)CC(CC(=O)O)O[Si](c1ccccc1)(c1ccccc1)C(C)(C)C. The Hall–Kier alpha value is -2.44. The van der Waals surface area contributed by atoms with E-state index in [-0.39, 0.29) is 17.9 Å². The number of carbonyl (C=O) groups is 2. The van der Waals surface area contributed by atoms with Crippen molar-refractivity contribution in [2.24, 2.45) is 0 Å². The van der Waals surface area contributed by atoms with Crippen LogP contribution in [-0.2, 0) is 18.8 Å². The highest BCUT2D eigenvalue weighted by Crippen LogP contribution is 2.38. The number of benzene rings is 2. The number of esters is 1. The van der Waals surface area contributed by atoms with E-state index in [4.69, 9.17) is 9.16 Å². The van der Waals surface area contributed by atoms with E-state index in [9.17, 15) is 14.7 Å². The molecule has 0 saturated carbocycles. The summed E-state index contributed by atoms with van der Waals surface area (Å²) in [7, 11) is -1.64. The van der Waals surface area contributed by atoms with Crippen LogP contribution in [0.3, 0.4) is 0 Å². The molecular weight excluding hydrogens is 372 g/mol. The first kappa shape index (κ1) is 21.9. The summed E-state index contributed by atoms with van der Waals surface area (Å²) in [5.41, 5.74) is 0. The number of aliphatic carboxylic acids is 1. The Morgan fingerprint density at radius 2 is 1.39 bits per heavy atom. The molecule has 1 N–H and O–H groups in total. The van der Waals surface area contributed by atoms with Gasteiger partial charge in [-0.15, -0.1) is 0 Å². The van der Waals surface area contributed by atoms with Crippen molar-refractivity contribution in [3.05, 3.63) is 60.7 Å². The number of carboxylic acids is 1. The molecule has 1 atom stereocenters. The summed E-state index contributed by atoms with van der Waals surface area (Å²) in [6.45, 7) is 6.32. The Morgan fingerprint density at radius 1 is 0.929 bits per heavy atom. The highest BCUT2D eigenvalue weighted by molar-refractivity contribution is 6.99. The Morgan fingerprint density at radius 3 is 1.75 bits per heavy atom. The monoisotopic (exact) mass is 400 g/mol. The molecule has 0 fully saturated rings. The molecule has 2 aromatic carbocycles. The summed E-state index contributed by atoms with van der Waals surface area (Å²) in [6.07, 6.45) is -1.15. The molecule has 0 aliphatic heterocycles. The lowest BCUT2D eigenvalue weighted by atomic mass is 10.2. The first-order valence-corrected chi connectivity index (χ1v) is 11.2. The molecule has 0 aliphatic carbocycles. The minimum atomic E-state index is -2.93. The number of hydrogen-bond acceptors (Lipinski definition) is 4. The number of carboxylic acid groups (broad SMARTS) is 1. The van der Waals surface area contributed by atoms with Crippen molar-refractivity contribution >= 4 is 30.6 Å². The summed E-state index contributed by atoms with van der Waals surface area (Å²) >= 11 is 0. The fourth-order valence-electron chi connectivity index (χ4n) is 3.56. The lowest BCUT2D eigenvalue weighted by Crippen LogP contribution is -2.67. The van der Waals surface area contributed by atoms with Gasteiger partial charge in [0.15, 0.2) is 0 Å². The largest absolute Gasteiger partial charge is 0.481 e. The van der Waals surface area contributed by atoms with Gasteiger partial charge in [-0.1, -0.05) is 81.4 Å². The van der Waals surface area contributed by atoms with Crippen molar-refractivity contribution in [1.29, 1.82) is 0 Å². The lowest BCUT2D eigenvalue weighted by Gasteiger charge is -2.45. The standard InChI is InChI=1S/C22H28O5Si/c1-22(2,3)28(18-11-7-5-8-12-18,19-13-9-6-10-14-19)27-17(15-20(23)24)16-21(25)26-4/h5-14,17H,15-16H2,1-4H3,(H,23,24). The maximum absolute atomic E-state index is 11.9. The molecule has 0 amide bonds. The van der Waals surface area contributed by atoms with Crippen molar-refractivity contribution in [3.8, 4) is 0 Å². The van der Waals surface area contributed by atoms with Crippen molar-refractivity contribution in [1.82, 2.24) is 0 Å². The van der Waals surface area contributed by atoms with Gasteiger partial charge in [0.05, 0.1) is 26.1 Å². The molecule has 0 bridgehead atoms. The predicted octanol–water partition coefficient (Wildman–Crippen LogP) is 2.97. The maximum Gasteiger partial charge on any atom is 0.308 e. The molecule has 0 saturated heterocycles. The van der Waals surface area contributed by atoms with Crippen LogP contribution in [0.4, 0.5) is 0 Å². The summed E-state index contributed by atoms with van der Waals surface area (Å²) in [5.74, 6) is -1.49. The third kappa shape index (κ3) is 4.88.